The third kappa shape index (κ3) is 4.36. The molecule has 2 aromatic rings. The molecule has 1 unspecified atom stereocenters. The number of aryl methyl sites for hydroxylation is 1. The van der Waals surface area contributed by atoms with E-state index < -0.39 is 5.41 Å². The molecule has 0 radical (unpaired) electrons. The van der Waals surface area contributed by atoms with Crippen LogP contribution in [0.2, 0.25) is 0 Å². The Morgan fingerprint density at radius 2 is 1.68 bits per heavy atom. The molecule has 2 heteroatoms. The molecular weight excluding hydrogens is 270 g/mol. The summed E-state index contributed by atoms with van der Waals surface area (Å²) in [5, 5.41) is 9.52. The standard InChI is InChI=1S/C20H23NO/c1-17-10-12-19(13-11-17)22-15-7-6-14-20(2,16-21)18-8-4-3-5-9-18/h3-5,8-13H,6-7,14-15H2,1-2H3. The summed E-state index contributed by atoms with van der Waals surface area (Å²) in [4.78, 5) is 0. The summed E-state index contributed by atoms with van der Waals surface area (Å²) in [6, 6.07) is 20.6. The van der Waals surface area contributed by atoms with Gasteiger partial charge in [-0.2, -0.15) is 5.26 Å². The molecule has 0 saturated carbocycles. The Labute approximate surface area is 133 Å². The highest BCUT2D eigenvalue weighted by molar-refractivity contribution is 5.30. The highest BCUT2D eigenvalue weighted by atomic mass is 16.5. The molecule has 0 bridgehead atoms. The van der Waals surface area contributed by atoms with Gasteiger partial charge in [0.05, 0.1) is 18.1 Å². The molecule has 114 valence electrons. The van der Waals surface area contributed by atoms with Crippen LogP contribution in [0, 0.1) is 18.3 Å². The average molecular weight is 293 g/mol. The van der Waals surface area contributed by atoms with Gasteiger partial charge in [-0.15, -0.1) is 0 Å². The first-order chi connectivity index (χ1) is 10.6. The molecule has 0 aliphatic rings. The number of ether oxygens (including phenoxy) is 1. The van der Waals surface area contributed by atoms with Crippen LogP contribution in [0.1, 0.15) is 37.3 Å². The third-order valence-corrected chi connectivity index (χ3v) is 4.02. The lowest BCUT2D eigenvalue weighted by Crippen LogP contribution is -2.19. The summed E-state index contributed by atoms with van der Waals surface area (Å²) >= 11 is 0. The van der Waals surface area contributed by atoms with E-state index in [0.29, 0.717) is 6.61 Å². The van der Waals surface area contributed by atoms with Crippen LogP contribution in [-0.4, -0.2) is 6.61 Å². The number of hydrogen-bond acceptors (Lipinski definition) is 2. The minimum absolute atomic E-state index is 0.412. The number of nitrogens with zero attached hydrogens (tertiary/aromatic N) is 1. The number of rotatable bonds is 7. The van der Waals surface area contributed by atoms with Gasteiger partial charge in [-0.1, -0.05) is 48.0 Å². The second-order valence-electron chi connectivity index (χ2n) is 5.93. The first-order valence-corrected chi connectivity index (χ1v) is 7.80. The van der Waals surface area contributed by atoms with Crippen molar-refractivity contribution in [2.75, 3.05) is 6.61 Å². The van der Waals surface area contributed by atoms with Crippen LogP contribution in [0.5, 0.6) is 5.75 Å². The van der Waals surface area contributed by atoms with Gasteiger partial charge in [0.1, 0.15) is 5.75 Å². The van der Waals surface area contributed by atoms with E-state index in [2.05, 4.69) is 25.1 Å². The molecule has 0 aliphatic heterocycles. The molecular formula is C20H23NO. The monoisotopic (exact) mass is 293 g/mol. The molecule has 0 heterocycles. The number of benzene rings is 2. The van der Waals surface area contributed by atoms with Crippen LogP contribution in [0.4, 0.5) is 0 Å². The number of unbranched alkanes of at least 4 members (excludes halogenated alkanes) is 1. The molecule has 0 amide bonds. The molecule has 0 saturated heterocycles. The highest BCUT2D eigenvalue weighted by Crippen LogP contribution is 2.28. The van der Waals surface area contributed by atoms with Gasteiger partial charge in [0.2, 0.25) is 0 Å². The summed E-state index contributed by atoms with van der Waals surface area (Å²) in [5.74, 6) is 0.914. The van der Waals surface area contributed by atoms with Crippen molar-refractivity contribution in [1.29, 1.82) is 5.26 Å². The zero-order valence-electron chi connectivity index (χ0n) is 13.4. The van der Waals surface area contributed by atoms with Gasteiger partial charge in [-0.05, 0) is 50.8 Å². The highest BCUT2D eigenvalue weighted by Gasteiger charge is 2.25. The van der Waals surface area contributed by atoms with Crippen molar-refractivity contribution < 1.29 is 4.74 Å². The molecule has 22 heavy (non-hydrogen) atoms. The summed E-state index contributed by atoms with van der Waals surface area (Å²) < 4.78 is 5.73. The van der Waals surface area contributed by atoms with Gasteiger partial charge in [0.15, 0.2) is 0 Å². The van der Waals surface area contributed by atoms with E-state index in [4.69, 9.17) is 4.74 Å². The number of nitriles is 1. The third-order valence-electron chi connectivity index (χ3n) is 4.02. The Morgan fingerprint density at radius 1 is 1.00 bits per heavy atom. The van der Waals surface area contributed by atoms with Gasteiger partial charge in [0, 0.05) is 0 Å². The Bertz CT molecular complexity index is 612. The molecule has 2 aromatic carbocycles. The fourth-order valence-corrected chi connectivity index (χ4v) is 2.48. The van der Waals surface area contributed by atoms with Gasteiger partial charge >= 0.3 is 0 Å². The average Bonchev–Trinajstić information content (AvgIpc) is 2.57. The van der Waals surface area contributed by atoms with Crippen molar-refractivity contribution in [3.8, 4) is 11.8 Å². The maximum atomic E-state index is 9.52. The Kier molecular flexibility index (Phi) is 5.61. The van der Waals surface area contributed by atoms with E-state index in [1.807, 2.05) is 49.4 Å². The zero-order chi connectivity index (χ0) is 15.8. The Morgan fingerprint density at radius 3 is 2.32 bits per heavy atom. The predicted octanol–water partition coefficient (Wildman–Crippen LogP) is 5.03. The van der Waals surface area contributed by atoms with Gasteiger partial charge in [-0.3, -0.25) is 0 Å². The van der Waals surface area contributed by atoms with Gasteiger partial charge in [0.25, 0.3) is 0 Å². The fourth-order valence-electron chi connectivity index (χ4n) is 2.48. The zero-order valence-corrected chi connectivity index (χ0v) is 13.4. The maximum absolute atomic E-state index is 9.52. The van der Waals surface area contributed by atoms with Crippen LogP contribution < -0.4 is 4.74 Å². The van der Waals surface area contributed by atoms with Crippen molar-refractivity contribution in [3.63, 3.8) is 0 Å². The minimum Gasteiger partial charge on any atom is -0.494 e. The SMILES string of the molecule is Cc1ccc(OCCCCC(C)(C#N)c2ccccc2)cc1. The van der Waals surface area contributed by atoms with E-state index in [9.17, 15) is 5.26 Å². The molecule has 0 N–H and O–H groups in total. The van der Waals surface area contributed by atoms with Crippen LogP contribution in [0.3, 0.4) is 0 Å². The lowest BCUT2D eigenvalue weighted by molar-refractivity contribution is 0.300. The quantitative estimate of drug-likeness (QED) is 0.671. The molecule has 1 atom stereocenters. The maximum Gasteiger partial charge on any atom is 0.119 e. The summed E-state index contributed by atoms with van der Waals surface area (Å²) in [5.41, 5.74) is 1.92. The van der Waals surface area contributed by atoms with Crippen LogP contribution >= 0.6 is 0 Å². The topological polar surface area (TPSA) is 33.0 Å². The molecule has 0 aromatic heterocycles. The first-order valence-electron chi connectivity index (χ1n) is 7.80. The van der Waals surface area contributed by atoms with Crippen LogP contribution in [0.25, 0.3) is 0 Å². The van der Waals surface area contributed by atoms with Crippen molar-refractivity contribution >= 4 is 0 Å². The Hall–Kier alpha value is -2.27. The Balaban J connectivity index is 1.78. The summed E-state index contributed by atoms with van der Waals surface area (Å²) in [6.45, 7) is 4.78. The van der Waals surface area contributed by atoms with Gasteiger partial charge in [-0.25, -0.2) is 0 Å². The second kappa shape index (κ2) is 7.66. The smallest absolute Gasteiger partial charge is 0.119 e. The normalized spacial score (nSPS) is 13.1. The molecule has 2 nitrogen and oxygen atoms in total. The first kappa shape index (κ1) is 16.1. The molecule has 0 fully saturated rings. The van der Waals surface area contributed by atoms with Crippen molar-refractivity contribution in [3.05, 3.63) is 65.7 Å². The van der Waals surface area contributed by atoms with Crippen LogP contribution in [-0.2, 0) is 5.41 Å². The van der Waals surface area contributed by atoms with E-state index in [-0.39, 0.29) is 0 Å². The molecule has 0 aliphatic carbocycles. The second-order valence-corrected chi connectivity index (χ2v) is 5.93. The largest absolute Gasteiger partial charge is 0.494 e. The minimum atomic E-state index is -0.412. The van der Waals surface area contributed by atoms with E-state index in [1.54, 1.807) is 0 Å². The lowest BCUT2D eigenvalue weighted by Gasteiger charge is -2.22. The lowest BCUT2D eigenvalue weighted by atomic mass is 9.80. The molecule has 0 spiro atoms. The van der Waals surface area contributed by atoms with E-state index in [0.717, 1.165) is 30.6 Å². The predicted molar refractivity (Wildman–Crippen MR) is 89.9 cm³/mol. The van der Waals surface area contributed by atoms with Crippen molar-refractivity contribution in [1.82, 2.24) is 0 Å². The fraction of sp³-hybridized carbons (Fsp3) is 0.350. The van der Waals surface area contributed by atoms with Gasteiger partial charge < -0.3 is 4.74 Å². The van der Waals surface area contributed by atoms with Crippen LogP contribution in [0.15, 0.2) is 54.6 Å². The summed E-state index contributed by atoms with van der Waals surface area (Å²) in [6.07, 6.45) is 2.79. The van der Waals surface area contributed by atoms with E-state index >= 15 is 0 Å². The summed E-state index contributed by atoms with van der Waals surface area (Å²) in [7, 11) is 0. The van der Waals surface area contributed by atoms with Crippen molar-refractivity contribution in [2.45, 2.75) is 38.5 Å². The molecule has 2 rings (SSSR count). The number of hydrogen-bond donors (Lipinski definition) is 0. The van der Waals surface area contributed by atoms with E-state index in [1.165, 1.54) is 5.56 Å². The van der Waals surface area contributed by atoms with Crippen molar-refractivity contribution in [2.24, 2.45) is 0 Å².